The highest BCUT2D eigenvalue weighted by molar-refractivity contribution is 5.95. The molecule has 1 aliphatic rings. The van der Waals surface area contributed by atoms with Crippen LogP contribution in [-0.4, -0.2) is 42.1 Å². The van der Waals surface area contributed by atoms with Gasteiger partial charge in [-0.2, -0.15) is 5.10 Å². The third kappa shape index (κ3) is 4.97. The van der Waals surface area contributed by atoms with E-state index >= 15 is 0 Å². The molecule has 35 heavy (non-hydrogen) atoms. The Labute approximate surface area is 204 Å². The van der Waals surface area contributed by atoms with E-state index in [1.807, 2.05) is 50.4 Å². The highest BCUT2D eigenvalue weighted by Gasteiger charge is 2.35. The summed E-state index contributed by atoms with van der Waals surface area (Å²) >= 11 is 0. The van der Waals surface area contributed by atoms with Gasteiger partial charge in [0.2, 0.25) is 0 Å². The van der Waals surface area contributed by atoms with Gasteiger partial charge in [0.15, 0.2) is 0 Å². The summed E-state index contributed by atoms with van der Waals surface area (Å²) in [6.45, 7) is 8.23. The minimum absolute atomic E-state index is 0.110. The van der Waals surface area contributed by atoms with Gasteiger partial charge in [0.25, 0.3) is 0 Å². The Kier molecular flexibility index (Phi) is 7.02. The molecule has 0 unspecified atom stereocenters. The van der Waals surface area contributed by atoms with Crippen molar-refractivity contribution in [3.05, 3.63) is 82.2 Å². The molecule has 8 nitrogen and oxygen atoms in total. The molecular weight excluding hydrogens is 444 g/mol. The summed E-state index contributed by atoms with van der Waals surface area (Å²) in [7, 11) is 1.54. The van der Waals surface area contributed by atoms with E-state index in [0.717, 1.165) is 27.9 Å². The number of hydrogen-bond donors (Lipinski definition) is 2. The van der Waals surface area contributed by atoms with E-state index in [1.165, 1.54) is 0 Å². The molecule has 3 aromatic rings. The van der Waals surface area contributed by atoms with Gasteiger partial charge in [-0.3, -0.25) is 0 Å². The first-order valence-electron chi connectivity index (χ1n) is 11.5. The van der Waals surface area contributed by atoms with Gasteiger partial charge in [-0.15, -0.1) is 0 Å². The van der Waals surface area contributed by atoms with Crippen molar-refractivity contribution in [2.45, 2.75) is 33.7 Å². The number of carbonyl (C=O) groups excluding carboxylic acids is 2. The smallest absolute Gasteiger partial charge is 0.338 e. The van der Waals surface area contributed by atoms with Crippen molar-refractivity contribution in [1.82, 2.24) is 20.4 Å². The predicted octanol–water partition coefficient (Wildman–Crippen LogP) is 4.28. The Morgan fingerprint density at radius 2 is 1.74 bits per heavy atom. The Hall–Kier alpha value is -3.91. The van der Waals surface area contributed by atoms with Crippen LogP contribution in [-0.2, 0) is 14.3 Å². The summed E-state index contributed by atoms with van der Waals surface area (Å²) in [5.74, 6) is -0.521. The summed E-state index contributed by atoms with van der Waals surface area (Å²) < 4.78 is 12.2. The maximum atomic E-state index is 13.1. The fraction of sp³-hybridized carbons (Fsp3) is 0.296. The lowest BCUT2D eigenvalue weighted by Crippen LogP contribution is -2.45. The second kappa shape index (κ2) is 10.1. The molecule has 1 aromatic heterocycles. The zero-order chi connectivity index (χ0) is 25.1. The van der Waals surface area contributed by atoms with Crippen molar-refractivity contribution < 1.29 is 19.1 Å². The standard InChI is InChI=1S/C27H30N4O4/c1-16-13-17(2)22(18(3)14-16)25-21(15-31(30-25)20-9-7-6-8-10-20)24-23(19(4)28-27(33)29-24)26(32)35-12-11-34-5/h6-10,13-15,24H,11-12H2,1-5H3,(H2,28,29,33)/t24-/m0/s1. The number of benzene rings is 2. The van der Waals surface area contributed by atoms with Crippen LogP contribution in [0.2, 0.25) is 0 Å². The number of amides is 2. The van der Waals surface area contributed by atoms with Gasteiger partial charge in [0, 0.05) is 30.1 Å². The van der Waals surface area contributed by atoms with Crippen molar-refractivity contribution >= 4 is 12.0 Å². The van der Waals surface area contributed by atoms with Crippen LogP contribution in [0.15, 0.2) is 59.9 Å². The number of carbonyl (C=O) groups is 2. The number of urea groups is 1. The molecule has 2 N–H and O–H groups in total. The SMILES string of the molecule is COCCOC(=O)C1=C(C)NC(=O)N[C@H]1c1cn(-c2ccccc2)nc1-c1c(C)cc(C)cc1C. The van der Waals surface area contributed by atoms with Gasteiger partial charge in [0.1, 0.15) is 6.61 Å². The second-order valence-corrected chi connectivity index (χ2v) is 8.69. The van der Waals surface area contributed by atoms with Crippen LogP contribution in [0.4, 0.5) is 4.79 Å². The molecule has 0 aliphatic carbocycles. The average molecular weight is 475 g/mol. The molecule has 0 spiro atoms. The zero-order valence-electron chi connectivity index (χ0n) is 20.6. The molecule has 2 heterocycles. The highest BCUT2D eigenvalue weighted by atomic mass is 16.6. The van der Waals surface area contributed by atoms with E-state index in [0.29, 0.717) is 22.5 Å². The predicted molar refractivity (Wildman–Crippen MR) is 133 cm³/mol. The van der Waals surface area contributed by atoms with Crippen LogP contribution in [0.5, 0.6) is 0 Å². The fourth-order valence-corrected chi connectivity index (χ4v) is 4.55. The number of allylic oxidation sites excluding steroid dienone is 1. The van der Waals surface area contributed by atoms with E-state index in [9.17, 15) is 9.59 Å². The molecular formula is C27H30N4O4. The second-order valence-electron chi connectivity index (χ2n) is 8.69. The quantitative estimate of drug-likeness (QED) is 0.394. The molecule has 2 aromatic carbocycles. The molecule has 0 radical (unpaired) electrons. The van der Waals surface area contributed by atoms with E-state index in [1.54, 1.807) is 18.7 Å². The molecule has 0 fully saturated rings. The van der Waals surface area contributed by atoms with E-state index in [4.69, 9.17) is 14.6 Å². The first-order chi connectivity index (χ1) is 16.8. The lowest BCUT2D eigenvalue weighted by Gasteiger charge is -2.28. The number of aromatic nitrogens is 2. The molecule has 1 aliphatic heterocycles. The summed E-state index contributed by atoms with van der Waals surface area (Å²) in [5.41, 5.74) is 7.29. The molecule has 2 amide bonds. The Morgan fingerprint density at radius 3 is 2.40 bits per heavy atom. The van der Waals surface area contributed by atoms with Gasteiger partial charge >= 0.3 is 12.0 Å². The van der Waals surface area contributed by atoms with Gasteiger partial charge in [-0.1, -0.05) is 35.9 Å². The number of ether oxygens (including phenoxy) is 2. The first-order valence-corrected chi connectivity index (χ1v) is 11.5. The van der Waals surface area contributed by atoms with E-state index < -0.39 is 18.0 Å². The van der Waals surface area contributed by atoms with Crippen LogP contribution in [0, 0.1) is 20.8 Å². The normalized spacial score (nSPS) is 15.6. The summed E-state index contributed by atoms with van der Waals surface area (Å²) in [6, 6.07) is 12.8. The third-order valence-electron chi connectivity index (χ3n) is 6.00. The summed E-state index contributed by atoms with van der Waals surface area (Å²) in [5, 5.41) is 10.6. The molecule has 182 valence electrons. The van der Waals surface area contributed by atoms with Crippen molar-refractivity contribution in [1.29, 1.82) is 0 Å². The molecule has 8 heteroatoms. The Morgan fingerprint density at radius 1 is 1.06 bits per heavy atom. The van der Waals surface area contributed by atoms with Crippen LogP contribution in [0.3, 0.4) is 0 Å². The van der Waals surface area contributed by atoms with E-state index in [2.05, 4.69) is 29.7 Å². The number of nitrogens with one attached hydrogen (secondary N) is 2. The molecule has 0 saturated carbocycles. The van der Waals surface area contributed by atoms with Crippen molar-refractivity contribution in [2.75, 3.05) is 20.3 Å². The van der Waals surface area contributed by atoms with Crippen molar-refractivity contribution in [2.24, 2.45) is 0 Å². The molecule has 0 saturated heterocycles. The zero-order valence-corrected chi connectivity index (χ0v) is 20.6. The van der Waals surface area contributed by atoms with Gasteiger partial charge < -0.3 is 20.1 Å². The molecule has 1 atom stereocenters. The van der Waals surface area contributed by atoms with Gasteiger partial charge in [-0.05, 0) is 51.0 Å². The maximum Gasteiger partial charge on any atom is 0.338 e. The maximum absolute atomic E-state index is 13.1. The van der Waals surface area contributed by atoms with E-state index in [-0.39, 0.29) is 13.2 Å². The van der Waals surface area contributed by atoms with Gasteiger partial charge in [0.05, 0.1) is 29.6 Å². The monoisotopic (exact) mass is 474 g/mol. The Bertz CT molecular complexity index is 1270. The average Bonchev–Trinajstić information content (AvgIpc) is 3.23. The summed E-state index contributed by atoms with van der Waals surface area (Å²) in [4.78, 5) is 25.7. The van der Waals surface area contributed by atoms with Crippen LogP contribution >= 0.6 is 0 Å². The molecule has 0 bridgehead atoms. The minimum atomic E-state index is -0.744. The van der Waals surface area contributed by atoms with Gasteiger partial charge in [-0.25, -0.2) is 14.3 Å². The largest absolute Gasteiger partial charge is 0.460 e. The topological polar surface area (TPSA) is 94.5 Å². The lowest BCUT2D eigenvalue weighted by atomic mass is 9.90. The van der Waals surface area contributed by atoms with Crippen molar-refractivity contribution in [3.63, 3.8) is 0 Å². The lowest BCUT2D eigenvalue weighted by molar-refractivity contribution is -0.140. The number of methoxy groups -OCH3 is 1. The number of aryl methyl sites for hydroxylation is 3. The van der Waals surface area contributed by atoms with Crippen LogP contribution in [0.1, 0.15) is 35.2 Å². The Balaban J connectivity index is 1.90. The number of para-hydroxylation sites is 1. The number of nitrogens with zero attached hydrogens (tertiary/aromatic N) is 2. The van der Waals surface area contributed by atoms with Crippen LogP contribution in [0.25, 0.3) is 16.9 Å². The van der Waals surface area contributed by atoms with Crippen LogP contribution < -0.4 is 10.6 Å². The number of hydrogen-bond acceptors (Lipinski definition) is 5. The number of rotatable bonds is 7. The van der Waals surface area contributed by atoms with Crippen molar-refractivity contribution in [3.8, 4) is 16.9 Å². The highest BCUT2D eigenvalue weighted by Crippen LogP contribution is 2.37. The number of esters is 1. The third-order valence-corrected chi connectivity index (χ3v) is 6.00. The molecule has 4 rings (SSSR count). The minimum Gasteiger partial charge on any atom is -0.460 e. The fourth-order valence-electron chi connectivity index (χ4n) is 4.55. The first kappa shape index (κ1) is 24.2. The summed E-state index contributed by atoms with van der Waals surface area (Å²) in [6.07, 6.45) is 1.87.